The van der Waals surface area contributed by atoms with Crippen LogP contribution >= 0.6 is 0 Å². The number of amides is 1. The Morgan fingerprint density at radius 2 is 2.14 bits per heavy atom. The van der Waals surface area contributed by atoms with Crippen LogP contribution in [0, 0.1) is 0 Å². The van der Waals surface area contributed by atoms with Crippen LogP contribution in [0.5, 0.6) is 0 Å². The summed E-state index contributed by atoms with van der Waals surface area (Å²) in [6.07, 6.45) is -0.200. The first-order valence-corrected chi connectivity index (χ1v) is 4.53. The Kier molecular flexibility index (Phi) is 2.69. The fourth-order valence-corrected chi connectivity index (χ4v) is 1.56. The van der Waals surface area contributed by atoms with Crippen molar-refractivity contribution < 1.29 is 19.4 Å². The summed E-state index contributed by atoms with van der Waals surface area (Å²) in [5.41, 5.74) is -0.527. The molecule has 5 heteroatoms. The highest BCUT2D eigenvalue weighted by Crippen LogP contribution is 2.23. The van der Waals surface area contributed by atoms with Gasteiger partial charge in [0.1, 0.15) is 6.04 Å². The van der Waals surface area contributed by atoms with E-state index in [1.807, 2.05) is 0 Å². The molecule has 0 radical (unpaired) electrons. The molecule has 0 bridgehead atoms. The molecule has 1 aliphatic heterocycles. The predicted octanol–water partition coefficient (Wildman–Crippen LogP) is 1.08. The minimum Gasteiger partial charge on any atom is -0.480 e. The van der Waals surface area contributed by atoms with E-state index in [-0.39, 0.29) is 6.61 Å². The highest BCUT2D eigenvalue weighted by Gasteiger charge is 2.41. The lowest BCUT2D eigenvalue weighted by atomic mass is 10.0. The zero-order valence-electron chi connectivity index (χ0n) is 8.61. The molecule has 0 aromatic carbocycles. The smallest absolute Gasteiger partial charge is 0.410 e. The highest BCUT2D eigenvalue weighted by atomic mass is 16.6. The second-order valence-electron chi connectivity index (χ2n) is 4.30. The van der Waals surface area contributed by atoms with Gasteiger partial charge >= 0.3 is 12.1 Å². The second kappa shape index (κ2) is 3.48. The van der Waals surface area contributed by atoms with E-state index in [4.69, 9.17) is 9.84 Å². The van der Waals surface area contributed by atoms with Gasteiger partial charge in [0.2, 0.25) is 0 Å². The molecule has 0 saturated carbocycles. The number of aliphatic carboxylic acids is 1. The van der Waals surface area contributed by atoms with Crippen molar-refractivity contribution in [3.63, 3.8) is 0 Å². The maximum Gasteiger partial charge on any atom is 0.410 e. The van der Waals surface area contributed by atoms with Crippen molar-refractivity contribution in [2.24, 2.45) is 0 Å². The Balaban J connectivity index is 2.93. The third-order valence-electron chi connectivity index (χ3n) is 2.13. The summed E-state index contributed by atoms with van der Waals surface area (Å²) in [5.74, 6) is -0.975. The standard InChI is InChI=1S/C9H15NO4/c1-9(2,3)10-6(7(11)12)4-5-14-8(10)13/h6H,4-5H2,1-3H3,(H,11,12). The summed E-state index contributed by atoms with van der Waals surface area (Å²) in [6.45, 7) is 5.54. The monoisotopic (exact) mass is 201 g/mol. The average molecular weight is 201 g/mol. The molecular formula is C9H15NO4. The number of carboxylic acids is 1. The molecule has 1 rings (SSSR count). The van der Waals surface area contributed by atoms with E-state index in [1.165, 1.54) is 4.90 Å². The van der Waals surface area contributed by atoms with Crippen LogP contribution in [0.4, 0.5) is 4.79 Å². The number of cyclic esters (lactones) is 1. The lowest BCUT2D eigenvalue weighted by Crippen LogP contribution is -2.57. The molecule has 1 fully saturated rings. The summed E-state index contributed by atoms with van der Waals surface area (Å²) in [7, 11) is 0. The zero-order valence-corrected chi connectivity index (χ0v) is 8.61. The number of carbonyl (C=O) groups excluding carboxylic acids is 1. The molecule has 80 valence electrons. The van der Waals surface area contributed by atoms with Crippen LogP contribution in [-0.4, -0.2) is 40.3 Å². The Hall–Kier alpha value is -1.26. The molecule has 0 aliphatic carbocycles. The second-order valence-corrected chi connectivity index (χ2v) is 4.30. The molecule has 1 saturated heterocycles. The molecule has 1 heterocycles. The van der Waals surface area contributed by atoms with Crippen LogP contribution < -0.4 is 0 Å². The number of hydrogen-bond acceptors (Lipinski definition) is 3. The number of rotatable bonds is 1. The van der Waals surface area contributed by atoms with E-state index < -0.39 is 23.6 Å². The third-order valence-corrected chi connectivity index (χ3v) is 2.13. The first-order chi connectivity index (χ1) is 6.34. The van der Waals surface area contributed by atoms with Crippen LogP contribution in [0.1, 0.15) is 27.2 Å². The number of hydrogen-bond donors (Lipinski definition) is 1. The summed E-state index contributed by atoms with van der Waals surface area (Å²) in [5, 5.41) is 8.94. The minimum atomic E-state index is -0.975. The fourth-order valence-electron chi connectivity index (χ4n) is 1.56. The van der Waals surface area contributed by atoms with Crippen LogP contribution in [0.2, 0.25) is 0 Å². The molecule has 14 heavy (non-hydrogen) atoms. The molecule has 0 spiro atoms. The van der Waals surface area contributed by atoms with Crippen LogP contribution in [0.15, 0.2) is 0 Å². The van der Waals surface area contributed by atoms with Crippen LogP contribution in [-0.2, 0) is 9.53 Å². The first kappa shape index (κ1) is 10.8. The molecule has 0 aromatic heterocycles. The molecule has 1 amide bonds. The quantitative estimate of drug-likeness (QED) is 0.689. The lowest BCUT2D eigenvalue weighted by Gasteiger charge is -2.41. The topological polar surface area (TPSA) is 66.8 Å². The Morgan fingerprint density at radius 1 is 1.57 bits per heavy atom. The van der Waals surface area contributed by atoms with Gasteiger partial charge < -0.3 is 9.84 Å². The Bertz CT molecular complexity index is 256. The zero-order chi connectivity index (χ0) is 10.9. The molecule has 1 unspecified atom stereocenters. The molecule has 1 aliphatic rings. The molecule has 5 nitrogen and oxygen atoms in total. The van der Waals surface area contributed by atoms with E-state index in [0.29, 0.717) is 6.42 Å². The molecule has 0 aromatic rings. The third kappa shape index (κ3) is 1.97. The predicted molar refractivity (Wildman–Crippen MR) is 49.0 cm³/mol. The SMILES string of the molecule is CC(C)(C)N1C(=O)OCCC1C(=O)O. The number of carbonyl (C=O) groups is 2. The van der Waals surface area contributed by atoms with Gasteiger partial charge in [-0.05, 0) is 20.8 Å². The Morgan fingerprint density at radius 3 is 2.50 bits per heavy atom. The van der Waals surface area contributed by atoms with Gasteiger partial charge in [0.15, 0.2) is 0 Å². The van der Waals surface area contributed by atoms with Crippen molar-refractivity contribution in [2.75, 3.05) is 6.61 Å². The largest absolute Gasteiger partial charge is 0.480 e. The summed E-state index contributed by atoms with van der Waals surface area (Å²) >= 11 is 0. The van der Waals surface area contributed by atoms with Gasteiger partial charge in [0.25, 0.3) is 0 Å². The maximum atomic E-state index is 11.4. The van der Waals surface area contributed by atoms with Gasteiger partial charge in [-0.2, -0.15) is 0 Å². The highest BCUT2D eigenvalue weighted by molar-refractivity contribution is 5.81. The summed E-state index contributed by atoms with van der Waals surface area (Å²) in [4.78, 5) is 23.6. The van der Waals surface area contributed by atoms with Gasteiger partial charge in [-0.15, -0.1) is 0 Å². The van der Waals surface area contributed by atoms with Crippen molar-refractivity contribution in [3.8, 4) is 0 Å². The van der Waals surface area contributed by atoms with E-state index >= 15 is 0 Å². The fraction of sp³-hybridized carbons (Fsp3) is 0.778. The van der Waals surface area contributed by atoms with Crippen LogP contribution in [0.3, 0.4) is 0 Å². The van der Waals surface area contributed by atoms with Gasteiger partial charge in [0.05, 0.1) is 6.61 Å². The van der Waals surface area contributed by atoms with Gasteiger partial charge in [-0.1, -0.05) is 0 Å². The molecular weight excluding hydrogens is 186 g/mol. The molecule has 1 atom stereocenters. The molecule has 1 N–H and O–H groups in total. The lowest BCUT2D eigenvalue weighted by molar-refractivity contribution is -0.147. The summed E-state index contributed by atoms with van der Waals surface area (Å²) < 4.78 is 4.82. The van der Waals surface area contributed by atoms with E-state index in [2.05, 4.69) is 0 Å². The van der Waals surface area contributed by atoms with Crippen molar-refractivity contribution in [2.45, 2.75) is 38.8 Å². The van der Waals surface area contributed by atoms with Gasteiger partial charge in [0, 0.05) is 12.0 Å². The van der Waals surface area contributed by atoms with Crippen LogP contribution in [0.25, 0.3) is 0 Å². The van der Waals surface area contributed by atoms with Crippen molar-refractivity contribution in [1.82, 2.24) is 4.90 Å². The van der Waals surface area contributed by atoms with Gasteiger partial charge in [-0.3, -0.25) is 4.90 Å². The van der Waals surface area contributed by atoms with Crippen molar-refractivity contribution in [3.05, 3.63) is 0 Å². The van der Waals surface area contributed by atoms with E-state index in [1.54, 1.807) is 20.8 Å². The Labute approximate surface area is 82.6 Å². The van der Waals surface area contributed by atoms with Crippen molar-refractivity contribution in [1.29, 1.82) is 0 Å². The number of ether oxygens (including phenoxy) is 1. The normalized spacial score (nSPS) is 23.2. The van der Waals surface area contributed by atoms with E-state index in [0.717, 1.165) is 0 Å². The summed E-state index contributed by atoms with van der Waals surface area (Å²) in [6, 6.07) is -0.767. The number of nitrogens with zero attached hydrogens (tertiary/aromatic N) is 1. The maximum absolute atomic E-state index is 11.4. The van der Waals surface area contributed by atoms with Crippen molar-refractivity contribution >= 4 is 12.1 Å². The first-order valence-electron chi connectivity index (χ1n) is 4.53. The minimum absolute atomic E-state index is 0.183. The average Bonchev–Trinajstić information content (AvgIpc) is 2.01. The van der Waals surface area contributed by atoms with Gasteiger partial charge in [-0.25, -0.2) is 9.59 Å². The number of carboxylic acid groups (broad SMARTS) is 1. The van der Waals surface area contributed by atoms with E-state index in [9.17, 15) is 9.59 Å².